The number of hydrogen-bond donors (Lipinski definition) is 2. The molecule has 0 fully saturated rings. The SMILES string of the molecule is C=C(O)CN(COC)c1nc(NCOCCCC)nc(-c2cccc(C)c2)n1. The summed E-state index contributed by atoms with van der Waals surface area (Å²) in [6, 6.07) is 7.92. The van der Waals surface area contributed by atoms with Gasteiger partial charge in [-0.15, -0.1) is 0 Å². The molecule has 1 heterocycles. The van der Waals surface area contributed by atoms with Gasteiger partial charge in [-0.25, -0.2) is 0 Å². The molecule has 0 radical (unpaired) electrons. The van der Waals surface area contributed by atoms with E-state index >= 15 is 0 Å². The second kappa shape index (κ2) is 11.2. The minimum Gasteiger partial charge on any atom is -0.511 e. The summed E-state index contributed by atoms with van der Waals surface area (Å²) in [6.45, 7) is 8.99. The first kappa shape index (κ1) is 21.6. The maximum atomic E-state index is 9.63. The molecular weight excluding hydrogens is 358 g/mol. The van der Waals surface area contributed by atoms with E-state index in [1.165, 1.54) is 0 Å². The standard InChI is InChI=1S/C20H29N5O3/c1-5-6-10-28-13-21-19-22-18(17-9-7-8-15(2)11-17)23-20(24-19)25(14-27-4)12-16(3)26/h7-9,11,26H,3,5-6,10,12-14H2,1-2,4H3,(H,21,22,23,24). The van der Waals surface area contributed by atoms with Crippen molar-refractivity contribution in [3.8, 4) is 11.4 Å². The lowest BCUT2D eigenvalue weighted by Crippen LogP contribution is -2.30. The Hall–Kier alpha value is -2.71. The summed E-state index contributed by atoms with van der Waals surface area (Å²) in [5.74, 6) is 1.28. The Morgan fingerprint density at radius 2 is 2.11 bits per heavy atom. The van der Waals surface area contributed by atoms with Crippen LogP contribution in [0, 0.1) is 6.92 Å². The van der Waals surface area contributed by atoms with Gasteiger partial charge < -0.3 is 24.8 Å². The van der Waals surface area contributed by atoms with E-state index in [4.69, 9.17) is 9.47 Å². The van der Waals surface area contributed by atoms with Crippen molar-refractivity contribution in [2.45, 2.75) is 26.7 Å². The highest BCUT2D eigenvalue weighted by Crippen LogP contribution is 2.21. The zero-order valence-corrected chi connectivity index (χ0v) is 16.8. The lowest BCUT2D eigenvalue weighted by Gasteiger charge is -2.22. The number of anilines is 2. The van der Waals surface area contributed by atoms with Gasteiger partial charge in [-0.3, -0.25) is 0 Å². The maximum absolute atomic E-state index is 9.63. The van der Waals surface area contributed by atoms with Gasteiger partial charge in [0.25, 0.3) is 0 Å². The largest absolute Gasteiger partial charge is 0.511 e. The van der Waals surface area contributed by atoms with Gasteiger partial charge in [-0.1, -0.05) is 43.7 Å². The van der Waals surface area contributed by atoms with E-state index in [1.807, 2.05) is 31.2 Å². The second-order valence-electron chi connectivity index (χ2n) is 6.42. The van der Waals surface area contributed by atoms with Crippen LogP contribution in [-0.4, -0.2) is 53.8 Å². The number of aliphatic hydroxyl groups excluding tert-OH is 1. The minimum absolute atomic E-state index is 0.00743. The van der Waals surface area contributed by atoms with Crippen LogP contribution in [-0.2, 0) is 9.47 Å². The Balaban J connectivity index is 2.32. The van der Waals surface area contributed by atoms with Crippen molar-refractivity contribution in [2.75, 3.05) is 43.9 Å². The molecule has 0 bridgehead atoms. The van der Waals surface area contributed by atoms with Gasteiger partial charge >= 0.3 is 0 Å². The molecule has 0 aliphatic heterocycles. The van der Waals surface area contributed by atoms with Crippen molar-refractivity contribution in [1.82, 2.24) is 15.0 Å². The van der Waals surface area contributed by atoms with Crippen LogP contribution in [0.5, 0.6) is 0 Å². The van der Waals surface area contributed by atoms with Crippen LogP contribution in [0.4, 0.5) is 11.9 Å². The Morgan fingerprint density at radius 3 is 2.79 bits per heavy atom. The average Bonchev–Trinajstić information content (AvgIpc) is 2.67. The fraction of sp³-hybridized carbons (Fsp3) is 0.450. The van der Waals surface area contributed by atoms with Crippen molar-refractivity contribution in [1.29, 1.82) is 0 Å². The number of aromatic nitrogens is 3. The second-order valence-corrected chi connectivity index (χ2v) is 6.42. The molecule has 0 aliphatic carbocycles. The molecule has 2 N–H and O–H groups in total. The number of ether oxygens (including phenoxy) is 2. The highest BCUT2D eigenvalue weighted by molar-refractivity contribution is 5.59. The fourth-order valence-corrected chi connectivity index (χ4v) is 2.48. The molecular formula is C20H29N5O3. The maximum Gasteiger partial charge on any atom is 0.232 e. The van der Waals surface area contributed by atoms with Crippen LogP contribution in [0.2, 0.25) is 0 Å². The summed E-state index contributed by atoms with van der Waals surface area (Å²) in [7, 11) is 1.57. The first-order valence-electron chi connectivity index (χ1n) is 9.28. The first-order valence-corrected chi connectivity index (χ1v) is 9.28. The Kier molecular flexibility index (Phi) is 8.64. The molecule has 0 saturated heterocycles. The number of nitrogens with zero attached hydrogens (tertiary/aromatic N) is 4. The summed E-state index contributed by atoms with van der Waals surface area (Å²) in [5, 5.41) is 12.7. The lowest BCUT2D eigenvalue weighted by atomic mass is 10.1. The molecule has 2 rings (SSSR count). The number of aryl methyl sites for hydroxylation is 1. The molecule has 8 nitrogen and oxygen atoms in total. The summed E-state index contributed by atoms with van der Waals surface area (Å²) in [6.07, 6.45) is 2.07. The molecule has 0 spiro atoms. The van der Waals surface area contributed by atoms with Crippen molar-refractivity contribution >= 4 is 11.9 Å². The first-order chi connectivity index (χ1) is 13.5. The van der Waals surface area contributed by atoms with Crippen LogP contribution in [0.25, 0.3) is 11.4 Å². The van der Waals surface area contributed by atoms with Crippen LogP contribution in [0.3, 0.4) is 0 Å². The third-order valence-corrected chi connectivity index (χ3v) is 3.82. The van der Waals surface area contributed by atoms with Crippen molar-refractivity contribution < 1.29 is 14.6 Å². The van der Waals surface area contributed by atoms with Crippen molar-refractivity contribution in [3.05, 3.63) is 42.2 Å². The monoisotopic (exact) mass is 387 g/mol. The van der Waals surface area contributed by atoms with Crippen LogP contribution in [0.1, 0.15) is 25.3 Å². The molecule has 1 aromatic carbocycles. The van der Waals surface area contributed by atoms with E-state index in [9.17, 15) is 5.11 Å². The zero-order valence-electron chi connectivity index (χ0n) is 16.8. The highest BCUT2D eigenvalue weighted by atomic mass is 16.5. The molecule has 28 heavy (non-hydrogen) atoms. The summed E-state index contributed by atoms with van der Waals surface area (Å²) in [5.41, 5.74) is 1.98. The number of nitrogens with one attached hydrogen (secondary N) is 1. The third kappa shape index (κ3) is 6.79. The quantitative estimate of drug-likeness (QED) is 0.325. The number of methoxy groups -OCH3 is 1. The zero-order chi connectivity index (χ0) is 20.4. The predicted octanol–water partition coefficient (Wildman–Crippen LogP) is 3.52. The Labute approximate surface area is 166 Å². The number of hydrogen-bond acceptors (Lipinski definition) is 8. The van der Waals surface area contributed by atoms with Crippen molar-refractivity contribution in [3.63, 3.8) is 0 Å². The molecule has 8 heteroatoms. The Morgan fingerprint density at radius 1 is 1.29 bits per heavy atom. The predicted molar refractivity (Wildman–Crippen MR) is 110 cm³/mol. The van der Waals surface area contributed by atoms with E-state index < -0.39 is 0 Å². The van der Waals surface area contributed by atoms with Gasteiger partial charge in [0.15, 0.2) is 5.82 Å². The number of benzene rings is 1. The van der Waals surface area contributed by atoms with Crippen LogP contribution >= 0.6 is 0 Å². The van der Waals surface area contributed by atoms with Crippen LogP contribution in [0.15, 0.2) is 36.6 Å². The van der Waals surface area contributed by atoms with E-state index in [1.54, 1.807) is 12.0 Å². The molecule has 0 amide bonds. The normalized spacial score (nSPS) is 10.7. The van der Waals surface area contributed by atoms with E-state index in [0.29, 0.717) is 31.1 Å². The summed E-state index contributed by atoms with van der Waals surface area (Å²) >= 11 is 0. The topological polar surface area (TPSA) is 92.6 Å². The third-order valence-electron chi connectivity index (χ3n) is 3.82. The number of unbranched alkanes of at least 4 members (excludes halogenated alkanes) is 1. The molecule has 1 aromatic heterocycles. The molecule has 0 aliphatic rings. The molecule has 152 valence electrons. The van der Waals surface area contributed by atoms with Gasteiger partial charge in [0, 0.05) is 19.3 Å². The van der Waals surface area contributed by atoms with E-state index in [0.717, 1.165) is 24.0 Å². The highest BCUT2D eigenvalue weighted by Gasteiger charge is 2.15. The van der Waals surface area contributed by atoms with Gasteiger partial charge in [0.1, 0.15) is 19.2 Å². The van der Waals surface area contributed by atoms with Gasteiger partial charge in [-0.05, 0) is 19.4 Å². The van der Waals surface area contributed by atoms with E-state index in [-0.39, 0.29) is 19.0 Å². The summed E-state index contributed by atoms with van der Waals surface area (Å²) < 4.78 is 10.8. The summed E-state index contributed by atoms with van der Waals surface area (Å²) in [4.78, 5) is 15.2. The van der Waals surface area contributed by atoms with Gasteiger partial charge in [0.05, 0.1) is 6.54 Å². The minimum atomic E-state index is -0.00743. The van der Waals surface area contributed by atoms with Crippen LogP contribution < -0.4 is 10.2 Å². The van der Waals surface area contributed by atoms with Gasteiger partial charge in [-0.2, -0.15) is 15.0 Å². The van der Waals surface area contributed by atoms with E-state index in [2.05, 4.69) is 33.8 Å². The Bertz CT molecular complexity index is 769. The number of rotatable bonds is 12. The molecule has 0 saturated carbocycles. The molecule has 2 aromatic rings. The lowest BCUT2D eigenvalue weighted by molar-refractivity contribution is 0.148. The molecule has 0 atom stereocenters. The molecule has 0 unspecified atom stereocenters. The smallest absolute Gasteiger partial charge is 0.232 e. The van der Waals surface area contributed by atoms with Crippen molar-refractivity contribution in [2.24, 2.45) is 0 Å². The fourth-order valence-electron chi connectivity index (χ4n) is 2.48. The average molecular weight is 387 g/mol. The number of aliphatic hydroxyl groups is 1. The van der Waals surface area contributed by atoms with Gasteiger partial charge in [0.2, 0.25) is 11.9 Å².